The van der Waals surface area contributed by atoms with Crippen molar-refractivity contribution in [3.05, 3.63) is 114 Å². The van der Waals surface area contributed by atoms with E-state index in [0.29, 0.717) is 11.5 Å². The SMILES string of the molecule is CC.CC.COc1ccc(C(C)(C)c2ccc(Oc3ccc(S(=O)(=O)c4ccc(C)cc4)cc3)cc2)cc1. The van der Waals surface area contributed by atoms with Crippen molar-refractivity contribution in [2.75, 3.05) is 7.11 Å². The van der Waals surface area contributed by atoms with Gasteiger partial charge >= 0.3 is 0 Å². The van der Waals surface area contributed by atoms with Crippen molar-refractivity contribution in [3.63, 3.8) is 0 Å². The number of hydrogen-bond donors (Lipinski definition) is 0. The molecule has 0 unspecified atom stereocenters. The second-order valence-corrected chi connectivity index (χ2v) is 10.7. The van der Waals surface area contributed by atoms with E-state index in [0.717, 1.165) is 16.9 Å². The Morgan fingerprint density at radius 3 is 1.29 bits per heavy atom. The average Bonchev–Trinajstić information content (AvgIpc) is 2.96. The van der Waals surface area contributed by atoms with Crippen molar-refractivity contribution in [1.29, 1.82) is 0 Å². The summed E-state index contributed by atoms with van der Waals surface area (Å²) < 4.78 is 36.9. The standard InChI is InChI=1S/C29H28O4S.2C2H6/c1-21-5-17-27(18-6-21)34(30,31)28-19-15-26(16-20-28)33-25-13-9-23(10-14-25)29(2,3)22-7-11-24(32-4)12-8-22;2*1-2/h5-20H,1-4H3;2*1-2H3. The van der Waals surface area contributed by atoms with Crippen molar-refractivity contribution in [2.45, 2.75) is 63.7 Å². The van der Waals surface area contributed by atoms with Crippen LogP contribution < -0.4 is 9.47 Å². The first kappa shape index (κ1) is 30.7. The summed E-state index contributed by atoms with van der Waals surface area (Å²) in [5.74, 6) is 2.09. The Morgan fingerprint density at radius 2 is 0.895 bits per heavy atom. The molecule has 4 aromatic carbocycles. The molecule has 4 nitrogen and oxygen atoms in total. The lowest BCUT2D eigenvalue weighted by Gasteiger charge is -2.26. The Morgan fingerprint density at radius 1 is 0.553 bits per heavy atom. The van der Waals surface area contributed by atoms with Gasteiger partial charge in [-0.1, -0.05) is 83.5 Å². The monoisotopic (exact) mass is 532 g/mol. The van der Waals surface area contributed by atoms with Crippen molar-refractivity contribution in [2.24, 2.45) is 0 Å². The van der Waals surface area contributed by atoms with Crippen LogP contribution in [0, 0.1) is 6.92 Å². The van der Waals surface area contributed by atoms with E-state index in [9.17, 15) is 8.42 Å². The zero-order valence-corrected chi connectivity index (χ0v) is 24.6. The molecule has 0 aliphatic rings. The van der Waals surface area contributed by atoms with Crippen LogP contribution in [0.15, 0.2) is 107 Å². The number of aryl methyl sites for hydroxylation is 1. The Balaban J connectivity index is 0.00000121. The lowest BCUT2D eigenvalue weighted by atomic mass is 9.78. The van der Waals surface area contributed by atoms with E-state index in [-0.39, 0.29) is 15.2 Å². The van der Waals surface area contributed by atoms with E-state index in [1.54, 1.807) is 55.6 Å². The fraction of sp³-hybridized carbons (Fsp3) is 0.273. The summed E-state index contributed by atoms with van der Waals surface area (Å²) in [5.41, 5.74) is 3.18. The van der Waals surface area contributed by atoms with Gasteiger partial charge in [-0.2, -0.15) is 0 Å². The number of sulfone groups is 1. The van der Waals surface area contributed by atoms with Crippen LogP contribution >= 0.6 is 0 Å². The van der Waals surface area contributed by atoms with Gasteiger partial charge in [0.05, 0.1) is 16.9 Å². The van der Waals surface area contributed by atoms with Crippen LogP contribution in [-0.2, 0) is 15.3 Å². The van der Waals surface area contributed by atoms with Gasteiger partial charge in [-0.25, -0.2) is 8.42 Å². The molecule has 4 aromatic rings. The van der Waals surface area contributed by atoms with E-state index in [2.05, 4.69) is 38.1 Å². The van der Waals surface area contributed by atoms with Gasteiger partial charge in [-0.3, -0.25) is 0 Å². The number of methoxy groups -OCH3 is 1. The van der Waals surface area contributed by atoms with Gasteiger partial charge in [0, 0.05) is 5.41 Å². The molecule has 0 aromatic heterocycles. The Labute approximate surface area is 229 Å². The van der Waals surface area contributed by atoms with E-state index in [1.807, 2.05) is 58.9 Å². The van der Waals surface area contributed by atoms with Gasteiger partial charge < -0.3 is 9.47 Å². The summed E-state index contributed by atoms with van der Waals surface area (Å²) in [6, 6.07) is 29.4. The predicted molar refractivity (Wildman–Crippen MR) is 157 cm³/mol. The summed E-state index contributed by atoms with van der Waals surface area (Å²) in [7, 11) is -1.90. The summed E-state index contributed by atoms with van der Waals surface area (Å²) in [4.78, 5) is 0.516. The third-order valence-corrected chi connectivity index (χ3v) is 7.87. The molecule has 0 bridgehead atoms. The topological polar surface area (TPSA) is 52.6 Å². The Kier molecular flexibility index (Phi) is 11.2. The van der Waals surface area contributed by atoms with Gasteiger partial charge in [0.1, 0.15) is 17.2 Å². The van der Waals surface area contributed by atoms with E-state index >= 15 is 0 Å². The zero-order valence-electron chi connectivity index (χ0n) is 23.8. The largest absolute Gasteiger partial charge is 0.497 e. The predicted octanol–water partition coefficient (Wildman–Crippen LogP) is 9.01. The van der Waals surface area contributed by atoms with Crippen LogP contribution in [0.25, 0.3) is 0 Å². The first-order valence-corrected chi connectivity index (χ1v) is 14.5. The summed E-state index contributed by atoms with van der Waals surface area (Å²) >= 11 is 0. The molecule has 0 radical (unpaired) electrons. The molecule has 4 rings (SSSR count). The minimum absolute atomic E-state index is 0.184. The molecule has 0 saturated heterocycles. The molecule has 0 amide bonds. The molecular formula is C33H40O4S. The molecule has 0 N–H and O–H groups in total. The zero-order chi connectivity index (χ0) is 28.3. The Hall–Kier alpha value is -3.57. The molecule has 0 fully saturated rings. The van der Waals surface area contributed by atoms with E-state index in [1.165, 1.54) is 5.56 Å². The summed E-state index contributed by atoms with van der Waals surface area (Å²) in [6.45, 7) is 14.3. The highest BCUT2D eigenvalue weighted by Gasteiger charge is 2.23. The van der Waals surface area contributed by atoms with Gasteiger partial charge in [-0.15, -0.1) is 0 Å². The van der Waals surface area contributed by atoms with Gasteiger partial charge in [0.25, 0.3) is 0 Å². The lowest BCUT2D eigenvalue weighted by molar-refractivity contribution is 0.414. The summed E-state index contributed by atoms with van der Waals surface area (Å²) in [6.07, 6.45) is 0. The highest BCUT2D eigenvalue weighted by molar-refractivity contribution is 7.91. The fourth-order valence-corrected chi connectivity index (χ4v) is 5.05. The van der Waals surface area contributed by atoms with Crippen LogP contribution in [0.4, 0.5) is 0 Å². The fourth-order valence-electron chi connectivity index (χ4n) is 3.79. The third-order valence-electron chi connectivity index (χ3n) is 6.09. The third kappa shape index (κ3) is 7.26. The highest BCUT2D eigenvalue weighted by atomic mass is 32.2. The van der Waals surface area contributed by atoms with Crippen molar-refractivity contribution in [3.8, 4) is 17.2 Å². The highest BCUT2D eigenvalue weighted by Crippen LogP contribution is 2.34. The number of ether oxygens (including phenoxy) is 2. The molecule has 202 valence electrons. The molecule has 38 heavy (non-hydrogen) atoms. The van der Waals surface area contributed by atoms with Gasteiger partial charge in [-0.05, 0) is 78.7 Å². The minimum atomic E-state index is -3.56. The van der Waals surface area contributed by atoms with Crippen molar-refractivity contribution >= 4 is 9.84 Å². The lowest BCUT2D eigenvalue weighted by Crippen LogP contribution is -2.18. The number of benzene rings is 4. The molecule has 0 saturated carbocycles. The molecular weight excluding hydrogens is 492 g/mol. The maximum atomic E-state index is 12.9. The maximum absolute atomic E-state index is 12.9. The number of hydrogen-bond acceptors (Lipinski definition) is 4. The van der Waals surface area contributed by atoms with Crippen molar-refractivity contribution < 1.29 is 17.9 Å². The molecule has 0 aliphatic carbocycles. The maximum Gasteiger partial charge on any atom is 0.206 e. The molecule has 0 heterocycles. The normalized spacial score (nSPS) is 10.8. The first-order valence-electron chi connectivity index (χ1n) is 13.0. The smallest absolute Gasteiger partial charge is 0.206 e. The second-order valence-electron chi connectivity index (χ2n) is 8.77. The molecule has 0 atom stereocenters. The quantitative estimate of drug-likeness (QED) is 0.238. The van der Waals surface area contributed by atoms with E-state index in [4.69, 9.17) is 9.47 Å². The van der Waals surface area contributed by atoms with Crippen LogP contribution in [0.1, 0.15) is 58.2 Å². The van der Waals surface area contributed by atoms with Gasteiger partial charge in [0.2, 0.25) is 9.84 Å². The Bertz CT molecular complexity index is 1350. The van der Waals surface area contributed by atoms with Gasteiger partial charge in [0.15, 0.2) is 0 Å². The van der Waals surface area contributed by atoms with Crippen LogP contribution in [-0.4, -0.2) is 15.5 Å². The minimum Gasteiger partial charge on any atom is -0.497 e. The van der Waals surface area contributed by atoms with E-state index < -0.39 is 9.84 Å². The second kappa shape index (κ2) is 13.8. The van der Waals surface area contributed by atoms with Crippen LogP contribution in [0.5, 0.6) is 17.2 Å². The summed E-state index contributed by atoms with van der Waals surface area (Å²) in [5, 5.41) is 0. The number of rotatable bonds is 7. The van der Waals surface area contributed by atoms with Crippen LogP contribution in [0.2, 0.25) is 0 Å². The first-order chi connectivity index (χ1) is 18.2. The molecule has 5 heteroatoms. The van der Waals surface area contributed by atoms with Crippen LogP contribution in [0.3, 0.4) is 0 Å². The molecule has 0 spiro atoms. The average molecular weight is 533 g/mol. The van der Waals surface area contributed by atoms with Crippen molar-refractivity contribution in [1.82, 2.24) is 0 Å². The molecule has 0 aliphatic heterocycles.